The Bertz CT molecular complexity index is 343. The fourth-order valence-corrected chi connectivity index (χ4v) is 2.24. The van der Waals surface area contributed by atoms with E-state index in [9.17, 15) is 0 Å². The molecular weight excluding hydrogens is 178 g/mol. The molecule has 14 heavy (non-hydrogen) atoms. The first-order chi connectivity index (χ1) is 6.84. The van der Waals surface area contributed by atoms with Gasteiger partial charge in [-0.2, -0.15) is 0 Å². The molecule has 1 saturated carbocycles. The molecule has 0 atom stereocenters. The molecule has 1 aliphatic heterocycles. The summed E-state index contributed by atoms with van der Waals surface area (Å²) >= 11 is 0. The monoisotopic (exact) mass is 193 g/mol. The Balaban J connectivity index is 1.79. The number of hydrogen-bond donors (Lipinski definition) is 1. The Hall–Kier alpha value is -1.03. The smallest absolute Gasteiger partial charge is 0.225 e. The summed E-state index contributed by atoms with van der Waals surface area (Å²) in [7, 11) is 0. The SMILES string of the molecule is Nc1onc2c1CCN(C1CC1)CC2. The fraction of sp³-hybridized carbons (Fsp3) is 0.700. The van der Waals surface area contributed by atoms with Crippen LogP contribution in [0.1, 0.15) is 24.1 Å². The predicted octanol–water partition coefficient (Wildman–Crippen LogP) is 0.820. The van der Waals surface area contributed by atoms with Gasteiger partial charge in [0.25, 0.3) is 0 Å². The molecule has 2 N–H and O–H groups in total. The molecule has 3 rings (SSSR count). The summed E-state index contributed by atoms with van der Waals surface area (Å²) in [6.45, 7) is 2.23. The van der Waals surface area contributed by atoms with Crippen LogP contribution in [0.5, 0.6) is 0 Å². The van der Waals surface area contributed by atoms with Crippen LogP contribution in [0.3, 0.4) is 0 Å². The van der Waals surface area contributed by atoms with E-state index in [0.717, 1.165) is 43.2 Å². The van der Waals surface area contributed by atoms with Crippen LogP contribution in [-0.4, -0.2) is 29.2 Å². The van der Waals surface area contributed by atoms with Crippen molar-refractivity contribution in [1.82, 2.24) is 10.1 Å². The topological polar surface area (TPSA) is 55.3 Å². The lowest BCUT2D eigenvalue weighted by atomic mass is 10.1. The summed E-state index contributed by atoms with van der Waals surface area (Å²) in [5.41, 5.74) is 7.94. The maximum absolute atomic E-state index is 5.72. The van der Waals surface area contributed by atoms with E-state index in [0.29, 0.717) is 5.88 Å². The van der Waals surface area contributed by atoms with Crippen LogP contribution in [-0.2, 0) is 12.8 Å². The second-order valence-corrected chi connectivity index (χ2v) is 4.24. The molecule has 1 aromatic rings. The van der Waals surface area contributed by atoms with Gasteiger partial charge in [-0.25, -0.2) is 0 Å². The Morgan fingerprint density at radius 2 is 2.07 bits per heavy atom. The minimum absolute atomic E-state index is 0.526. The highest BCUT2D eigenvalue weighted by atomic mass is 16.5. The van der Waals surface area contributed by atoms with Gasteiger partial charge >= 0.3 is 0 Å². The van der Waals surface area contributed by atoms with Crippen LogP contribution in [0.4, 0.5) is 5.88 Å². The first-order valence-electron chi connectivity index (χ1n) is 5.31. The Kier molecular flexibility index (Phi) is 1.77. The van der Waals surface area contributed by atoms with Crippen LogP contribution in [0.25, 0.3) is 0 Å². The fourth-order valence-electron chi connectivity index (χ4n) is 2.24. The minimum atomic E-state index is 0.526. The molecule has 0 aromatic carbocycles. The van der Waals surface area contributed by atoms with Gasteiger partial charge in [0.05, 0.1) is 5.69 Å². The van der Waals surface area contributed by atoms with Crippen molar-refractivity contribution < 1.29 is 4.52 Å². The maximum atomic E-state index is 5.72. The lowest BCUT2D eigenvalue weighted by Gasteiger charge is -2.18. The zero-order valence-electron chi connectivity index (χ0n) is 8.20. The molecule has 2 aliphatic rings. The lowest BCUT2D eigenvalue weighted by Crippen LogP contribution is -2.28. The van der Waals surface area contributed by atoms with E-state index in [1.54, 1.807) is 0 Å². The molecule has 0 spiro atoms. The molecular formula is C10H15N3O. The number of nitrogens with two attached hydrogens (primary N) is 1. The van der Waals surface area contributed by atoms with Crippen LogP contribution in [0.2, 0.25) is 0 Å². The van der Waals surface area contributed by atoms with Crippen molar-refractivity contribution in [3.05, 3.63) is 11.3 Å². The summed E-state index contributed by atoms with van der Waals surface area (Å²) in [6, 6.07) is 0.845. The zero-order valence-corrected chi connectivity index (χ0v) is 8.20. The number of fused-ring (bicyclic) bond motifs is 1. The van der Waals surface area contributed by atoms with E-state index in [1.807, 2.05) is 0 Å². The molecule has 0 bridgehead atoms. The first kappa shape index (κ1) is 8.29. The molecule has 4 heteroatoms. The normalized spacial score (nSPS) is 23.1. The summed E-state index contributed by atoms with van der Waals surface area (Å²) in [5.74, 6) is 0.526. The molecule has 1 aliphatic carbocycles. The highest BCUT2D eigenvalue weighted by Crippen LogP contribution is 2.30. The second-order valence-electron chi connectivity index (χ2n) is 4.24. The van der Waals surface area contributed by atoms with Gasteiger partial charge < -0.3 is 10.3 Å². The van der Waals surface area contributed by atoms with E-state index < -0.39 is 0 Å². The van der Waals surface area contributed by atoms with Crippen molar-refractivity contribution in [3.63, 3.8) is 0 Å². The van der Waals surface area contributed by atoms with E-state index in [-0.39, 0.29) is 0 Å². The average molecular weight is 193 g/mol. The van der Waals surface area contributed by atoms with Crippen molar-refractivity contribution >= 4 is 5.88 Å². The zero-order chi connectivity index (χ0) is 9.54. The number of anilines is 1. The van der Waals surface area contributed by atoms with Crippen LogP contribution in [0, 0.1) is 0 Å². The number of nitrogens with zero attached hydrogens (tertiary/aromatic N) is 2. The molecule has 0 radical (unpaired) electrons. The third kappa shape index (κ3) is 1.30. The molecule has 76 valence electrons. The van der Waals surface area contributed by atoms with Crippen LogP contribution >= 0.6 is 0 Å². The Morgan fingerprint density at radius 3 is 2.86 bits per heavy atom. The maximum Gasteiger partial charge on any atom is 0.225 e. The quantitative estimate of drug-likeness (QED) is 0.717. The highest BCUT2D eigenvalue weighted by Gasteiger charge is 2.31. The minimum Gasteiger partial charge on any atom is -0.367 e. The third-order valence-corrected chi connectivity index (χ3v) is 3.25. The van der Waals surface area contributed by atoms with Crippen molar-refractivity contribution in [1.29, 1.82) is 0 Å². The van der Waals surface area contributed by atoms with Gasteiger partial charge in [-0.3, -0.25) is 4.90 Å². The van der Waals surface area contributed by atoms with E-state index in [1.165, 1.54) is 12.8 Å². The van der Waals surface area contributed by atoms with Crippen LogP contribution < -0.4 is 5.73 Å². The molecule has 1 aromatic heterocycles. The van der Waals surface area contributed by atoms with Crippen molar-refractivity contribution in [2.75, 3.05) is 18.8 Å². The van der Waals surface area contributed by atoms with Gasteiger partial charge in [-0.05, 0) is 19.3 Å². The summed E-state index contributed by atoms with van der Waals surface area (Å²) in [6.07, 6.45) is 4.74. The van der Waals surface area contributed by atoms with Crippen molar-refractivity contribution in [2.24, 2.45) is 0 Å². The molecule has 0 saturated heterocycles. The van der Waals surface area contributed by atoms with Crippen LogP contribution in [0.15, 0.2) is 4.52 Å². The first-order valence-corrected chi connectivity index (χ1v) is 5.31. The van der Waals surface area contributed by atoms with Gasteiger partial charge in [-0.15, -0.1) is 0 Å². The van der Waals surface area contributed by atoms with Crippen molar-refractivity contribution in [2.45, 2.75) is 31.7 Å². The Labute approximate surface area is 83.0 Å². The van der Waals surface area contributed by atoms with Gasteiger partial charge in [0.1, 0.15) is 0 Å². The highest BCUT2D eigenvalue weighted by molar-refractivity contribution is 5.39. The van der Waals surface area contributed by atoms with Crippen molar-refractivity contribution in [3.8, 4) is 0 Å². The molecule has 0 unspecified atom stereocenters. The van der Waals surface area contributed by atoms with Gasteiger partial charge in [-0.1, -0.05) is 5.16 Å². The number of hydrogen-bond acceptors (Lipinski definition) is 4. The van der Waals surface area contributed by atoms with E-state index >= 15 is 0 Å². The second kappa shape index (κ2) is 2.98. The summed E-state index contributed by atoms with van der Waals surface area (Å²) in [5, 5.41) is 4.00. The van der Waals surface area contributed by atoms with Gasteiger partial charge in [0.2, 0.25) is 5.88 Å². The summed E-state index contributed by atoms with van der Waals surface area (Å²) < 4.78 is 4.99. The summed E-state index contributed by atoms with van der Waals surface area (Å²) in [4.78, 5) is 2.56. The Morgan fingerprint density at radius 1 is 1.29 bits per heavy atom. The molecule has 1 fully saturated rings. The lowest BCUT2D eigenvalue weighted by molar-refractivity contribution is 0.273. The predicted molar refractivity (Wildman–Crippen MR) is 52.9 cm³/mol. The van der Waals surface area contributed by atoms with Gasteiger partial charge in [0.15, 0.2) is 0 Å². The molecule has 0 amide bonds. The molecule has 4 nitrogen and oxygen atoms in total. The van der Waals surface area contributed by atoms with E-state index in [2.05, 4.69) is 10.1 Å². The number of aromatic nitrogens is 1. The van der Waals surface area contributed by atoms with E-state index in [4.69, 9.17) is 10.3 Å². The number of rotatable bonds is 1. The largest absolute Gasteiger partial charge is 0.367 e. The average Bonchev–Trinajstić information content (AvgIpc) is 2.97. The standard InChI is InChI=1S/C10H15N3O/c11-10-8-3-5-13(7-1-2-7)6-4-9(8)12-14-10/h7H,1-6,11H2. The van der Waals surface area contributed by atoms with Gasteiger partial charge in [0, 0.05) is 31.1 Å². The molecule has 2 heterocycles. The third-order valence-electron chi connectivity index (χ3n) is 3.25. The number of nitrogen functional groups attached to an aromatic ring is 1.